The smallest absolute Gasteiger partial charge is 0.211 e. The summed E-state index contributed by atoms with van der Waals surface area (Å²) in [5.41, 5.74) is -2.93. The number of Topliss-reactive ketones (excluding diaryl/α,β-unsaturated/α-hetero) is 1. The second-order valence-corrected chi connectivity index (χ2v) is 8.21. The first-order valence-electron chi connectivity index (χ1n) is 11.0. The molecule has 5 nitrogen and oxygen atoms in total. The number of aliphatic imine (C=N–C) groups is 2. The van der Waals surface area contributed by atoms with Gasteiger partial charge in [0.05, 0.1) is 12.5 Å². The van der Waals surface area contributed by atoms with Crippen LogP contribution in [0.15, 0.2) is 128 Å². The van der Waals surface area contributed by atoms with Gasteiger partial charge in [-0.2, -0.15) is 0 Å². The van der Waals surface area contributed by atoms with Crippen LogP contribution in [0.1, 0.15) is 11.5 Å². The molecule has 2 aliphatic rings. The minimum absolute atomic E-state index is 0.299. The zero-order valence-electron chi connectivity index (χ0n) is 18.2. The standard InChI is InChI=1S/C29H20N2O3/c32-27(28(15-7-1-9-17-30-28)25-23-13-5-3-11-21(23)19-33-25)29(16-8-2-10-18-31-29)26-24-14-6-4-12-22(24)20-34-26/h1-20H. The van der Waals surface area contributed by atoms with E-state index >= 15 is 0 Å². The van der Waals surface area contributed by atoms with Crippen LogP contribution in [-0.4, -0.2) is 18.2 Å². The average molecular weight is 444 g/mol. The number of allylic oxidation sites excluding steroid dienone is 6. The fraction of sp³-hybridized carbons (Fsp3) is 0.0690. The maximum Gasteiger partial charge on any atom is 0.211 e. The van der Waals surface area contributed by atoms with Crippen molar-refractivity contribution in [1.29, 1.82) is 0 Å². The van der Waals surface area contributed by atoms with Crippen molar-refractivity contribution in [3.8, 4) is 0 Å². The molecule has 0 amide bonds. The lowest BCUT2D eigenvalue weighted by Gasteiger charge is -2.32. The molecule has 2 aromatic carbocycles. The van der Waals surface area contributed by atoms with Crippen molar-refractivity contribution in [2.75, 3.05) is 0 Å². The van der Waals surface area contributed by atoms with Gasteiger partial charge in [-0.1, -0.05) is 72.8 Å². The van der Waals surface area contributed by atoms with Gasteiger partial charge in [0.1, 0.15) is 0 Å². The van der Waals surface area contributed by atoms with Crippen molar-refractivity contribution in [2.45, 2.75) is 11.1 Å². The summed E-state index contributed by atoms with van der Waals surface area (Å²) in [6, 6.07) is 15.5. The second kappa shape index (κ2) is 7.81. The van der Waals surface area contributed by atoms with Crippen LogP contribution < -0.4 is 0 Å². The zero-order valence-corrected chi connectivity index (χ0v) is 18.2. The summed E-state index contributed by atoms with van der Waals surface area (Å²) in [7, 11) is 0. The Labute approximate surface area is 195 Å². The van der Waals surface area contributed by atoms with Crippen molar-refractivity contribution in [1.82, 2.24) is 0 Å². The molecule has 5 heteroatoms. The van der Waals surface area contributed by atoms with Crippen LogP contribution in [0.5, 0.6) is 0 Å². The molecular weight excluding hydrogens is 424 g/mol. The molecule has 4 aromatic rings. The third-order valence-electron chi connectivity index (χ3n) is 6.25. The summed E-state index contributed by atoms with van der Waals surface area (Å²) in [5, 5.41) is 3.42. The normalized spacial score (nSPS) is 23.5. The first-order chi connectivity index (χ1) is 16.7. The quantitative estimate of drug-likeness (QED) is 0.375. The molecule has 164 valence electrons. The molecule has 0 saturated heterocycles. The highest BCUT2D eigenvalue weighted by Gasteiger charge is 2.54. The maximum atomic E-state index is 14.9. The lowest BCUT2D eigenvalue weighted by atomic mass is 9.76. The van der Waals surface area contributed by atoms with Gasteiger partial charge in [-0.15, -0.1) is 0 Å². The number of ketones is 1. The third kappa shape index (κ3) is 2.90. The third-order valence-corrected chi connectivity index (χ3v) is 6.25. The van der Waals surface area contributed by atoms with Crippen molar-refractivity contribution < 1.29 is 13.6 Å². The Balaban J connectivity index is 1.66. The molecule has 4 heterocycles. The minimum atomic E-state index is -1.47. The minimum Gasteiger partial charge on any atom is -0.465 e. The number of hydrogen-bond donors (Lipinski definition) is 0. The number of carbonyl (C=O) groups excluding carboxylic acids is 1. The van der Waals surface area contributed by atoms with E-state index in [1.807, 2.05) is 72.8 Å². The lowest BCUT2D eigenvalue weighted by Crippen LogP contribution is -2.45. The van der Waals surface area contributed by atoms with Gasteiger partial charge in [0.2, 0.25) is 5.78 Å². The first kappa shape index (κ1) is 20.1. The number of furan rings is 2. The van der Waals surface area contributed by atoms with Gasteiger partial charge in [-0.3, -0.25) is 14.8 Å². The molecule has 0 spiro atoms. The van der Waals surface area contributed by atoms with E-state index in [0.717, 1.165) is 21.5 Å². The molecular formula is C29H20N2O3. The summed E-state index contributed by atoms with van der Waals surface area (Å²) in [6.07, 6.45) is 21.0. The van der Waals surface area contributed by atoms with Crippen LogP contribution in [0.3, 0.4) is 0 Å². The maximum absolute atomic E-state index is 14.9. The summed E-state index contributed by atoms with van der Waals surface area (Å²) >= 11 is 0. The summed E-state index contributed by atoms with van der Waals surface area (Å²) in [4.78, 5) is 24.4. The number of carbonyl (C=O) groups is 1. The Morgan fingerprint density at radius 3 is 1.59 bits per heavy atom. The Morgan fingerprint density at radius 1 is 0.618 bits per heavy atom. The topological polar surface area (TPSA) is 68.1 Å². The molecule has 0 aliphatic carbocycles. The number of nitrogens with zero attached hydrogens (tertiary/aromatic N) is 2. The number of benzene rings is 2. The molecule has 2 aromatic heterocycles. The molecule has 2 unspecified atom stereocenters. The van der Waals surface area contributed by atoms with Crippen LogP contribution >= 0.6 is 0 Å². The van der Waals surface area contributed by atoms with Gasteiger partial charge < -0.3 is 8.83 Å². The second-order valence-electron chi connectivity index (χ2n) is 8.21. The van der Waals surface area contributed by atoms with E-state index in [1.165, 1.54) is 0 Å². The average Bonchev–Trinajstić information content (AvgIpc) is 3.32. The van der Waals surface area contributed by atoms with E-state index in [2.05, 4.69) is 0 Å². The van der Waals surface area contributed by atoms with E-state index in [9.17, 15) is 4.79 Å². The molecule has 0 fully saturated rings. The first-order valence-corrected chi connectivity index (χ1v) is 11.0. The number of hydrogen-bond acceptors (Lipinski definition) is 5. The van der Waals surface area contributed by atoms with Crippen molar-refractivity contribution in [3.63, 3.8) is 0 Å². The van der Waals surface area contributed by atoms with Crippen molar-refractivity contribution in [2.24, 2.45) is 9.98 Å². The predicted molar refractivity (Wildman–Crippen MR) is 134 cm³/mol. The van der Waals surface area contributed by atoms with Crippen LogP contribution in [0.25, 0.3) is 21.5 Å². The molecule has 0 saturated carbocycles. The molecule has 2 atom stereocenters. The number of rotatable bonds is 4. The molecule has 0 N–H and O–H groups in total. The highest BCUT2D eigenvalue weighted by atomic mass is 16.3. The summed E-state index contributed by atoms with van der Waals surface area (Å²) < 4.78 is 12.1. The van der Waals surface area contributed by atoms with Crippen LogP contribution in [-0.2, 0) is 15.9 Å². The lowest BCUT2D eigenvalue weighted by molar-refractivity contribution is -0.127. The van der Waals surface area contributed by atoms with Crippen molar-refractivity contribution in [3.05, 3.63) is 121 Å². The summed E-state index contributed by atoms with van der Waals surface area (Å²) in [6.45, 7) is 0. The largest absolute Gasteiger partial charge is 0.465 e. The van der Waals surface area contributed by atoms with Gasteiger partial charge in [-0.25, -0.2) is 0 Å². The Kier molecular flexibility index (Phi) is 4.62. The molecule has 6 rings (SSSR count). The van der Waals surface area contributed by atoms with E-state index in [1.54, 1.807) is 49.3 Å². The number of fused-ring (bicyclic) bond motifs is 2. The van der Waals surface area contributed by atoms with Crippen LogP contribution in [0, 0.1) is 0 Å². The van der Waals surface area contributed by atoms with Gasteiger partial charge in [-0.05, 0) is 24.3 Å². The Morgan fingerprint density at radius 2 is 1.09 bits per heavy atom. The van der Waals surface area contributed by atoms with Crippen molar-refractivity contribution >= 4 is 39.8 Å². The van der Waals surface area contributed by atoms with Gasteiger partial charge in [0.15, 0.2) is 22.6 Å². The van der Waals surface area contributed by atoms with Crippen LogP contribution in [0.2, 0.25) is 0 Å². The van der Waals surface area contributed by atoms with E-state index in [-0.39, 0.29) is 5.78 Å². The van der Waals surface area contributed by atoms with Gasteiger partial charge in [0.25, 0.3) is 0 Å². The molecule has 34 heavy (non-hydrogen) atoms. The highest BCUT2D eigenvalue weighted by molar-refractivity contribution is 6.08. The van der Waals surface area contributed by atoms with E-state index in [0.29, 0.717) is 11.5 Å². The monoisotopic (exact) mass is 444 g/mol. The van der Waals surface area contributed by atoms with Gasteiger partial charge >= 0.3 is 0 Å². The highest BCUT2D eigenvalue weighted by Crippen LogP contribution is 2.45. The van der Waals surface area contributed by atoms with E-state index < -0.39 is 11.1 Å². The summed E-state index contributed by atoms with van der Waals surface area (Å²) in [5.74, 6) is 0.591. The molecule has 2 aliphatic heterocycles. The fourth-order valence-electron chi connectivity index (χ4n) is 4.63. The van der Waals surface area contributed by atoms with E-state index in [4.69, 9.17) is 18.8 Å². The van der Waals surface area contributed by atoms with Gasteiger partial charge in [0, 0.05) is 34.0 Å². The van der Waals surface area contributed by atoms with Crippen LogP contribution in [0.4, 0.5) is 0 Å². The molecule has 0 bridgehead atoms. The zero-order chi connectivity index (χ0) is 23.0. The molecule has 0 radical (unpaired) electrons. The predicted octanol–water partition coefficient (Wildman–Crippen LogP) is 6.23. The fourth-order valence-corrected chi connectivity index (χ4v) is 4.63. The SMILES string of the molecule is O=C(C1(c2occ3ccccc23)C=CC=CC=N1)C1(c2occ3ccccc23)C=CC=CC=N1. The Bertz CT molecular complexity index is 1440. The Hall–Kier alpha value is -4.51.